The molecule has 0 bridgehead atoms. The molecule has 0 heteroatoms. The van der Waals surface area contributed by atoms with Crippen LogP contribution >= 0.6 is 0 Å². The van der Waals surface area contributed by atoms with Crippen LogP contribution in [0.15, 0.2) is 54.6 Å². The van der Waals surface area contributed by atoms with Gasteiger partial charge in [0.2, 0.25) is 0 Å². The first-order valence-electron chi connectivity index (χ1n) is 6.39. The van der Waals surface area contributed by atoms with E-state index in [0.29, 0.717) is 0 Å². The zero-order valence-electron chi connectivity index (χ0n) is 11.2. The lowest BCUT2D eigenvalue weighted by atomic mass is 10.1. The molecule has 0 aromatic heterocycles. The fourth-order valence-electron chi connectivity index (χ4n) is 1.93. The molecule has 0 unspecified atom stereocenters. The first-order chi connectivity index (χ1) is 8.31. The largest absolute Gasteiger partial charge is 0.0988 e. The number of hydrogen-bond donors (Lipinski definition) is 0. The van der Waals surface area contributed by atoms with Crippen molar-refractivity contribution in [1.82, 2.24) is 0 Å². The molecule has 0 saturated carbocycles. The minimum absolute atomic E-state index is 1.17. The molecule has 0 aliphatic heterocycles. The van der Waals surface area contributed by atoms with Crippen molar-refractivity contribution in [1.29, 1.82) is 0 Å². The van der Waals surface area contributed by atoms with Gasteiger partial charge in [0.05, 0.1) is 0 Å². The smallest absolute Gasteiger partial charge is 0.0192 e. The lowest BCUT2D eigenvalue weighted by Crippen LogP contribution is -1.78. The minimum atomic E-state index is 1.17. The summed E-state index contributed by atoms with van der Waals surface area (Å²) >= 11 is 0. The lowest BCUT2D eigenvalue weighted by molar-refractivity contribution is 1.08. The maximum atomic E-state index is 3.75. The molecule has 1 aromatic carbocycles. The van der Waals surface area contributed by atoms with Gasteiger partial charge >= 0.3 is 0 Å². The van der Waals surface area contributed by atoms with Gasteiger partial charge in [-0.15, -0.1) is 0 Å². The summed E-state index contributed by atoms with van der Waals surface area (Å²) in [7, 11) is 0. The van der Waals surface area contributed by atoms with Crippen LogP contribution in [0.5, 0.6) is 0 Å². The van der Waals surface area contributed by atoms with Gasteiger partial charge in [-0.2, -0.15) is 0 Å². The molecule has 0 nitrogen and oxygen atoms in total. The average Bonchev–Trinajstić information content (AvgIpc) is 2.81. The Labute approximate surface area is 105 Å². The number of allylic oxidation sites excluding steroid dienone is 5. The zero-order valence-corrected chi connectivity index (χ0v) is 11.2. The molecule has 0 radical (unpaired) electrons. The third kappa shape index (κ3) is 3.45. The van der Waals surface area contributed by atoms with Gasteiger partial charge in [0.15, 0.2) is 0 Å². The van der Waals surface area contributed by atoms with Crippen LogP contribution in [0.2, 0.25) is 0 Å². The molecule has 0 fully saturated rings. The summed E-state index contributed by atoms with van der Waals surface area (Å²) in [6, 6.07) is 8.67. The Balaban J connectivity index is 0.000000686. The van der Waals surface area contributed by atoms with E-state index >= 15 is 0 Å². The molecule has 17 heavy (non-hydrogen) atoms. The SMILES string of the molecule is C=C/C(C)=C\C=C1/CCc2ccccc21.CC. The van der Waals surface area contributed by atoms with E-state index in [2.05, 4.69) is 49.9 Å². The van der Waals surface area contributed by atoms with Crippen molar-refractivity contribution in [3.05, 3.63) is 65.8 Å². The van der Waals surface area contributed by atoms with Gasteiger partial charge in [0, 0.05) is 0 Å². The van der Waals surface area contributed by atoms with Crippen molar-refractivity contribution in [3.8, 4) is 0 Å². The second kappa shape index (κ2) is 6.90. The standard InChI is InChI=1S/C15H16.C2H6/c1-3-12(2)8-9-14-11-10-13-6-4-5-7-15(13)14;1-2/h3-9H,1,10-11H2,2H3;1-2H3/b12-8-,14-9+;. The number of aryl methyl sites for hydroxylation is 1. The quantitative estimate of drug-likeness (QED) is 0.610. The van der Waals surface area contributed by atoms with Gasteiger partial charge in [-0.3, -0.25) is 0 Å². The van der Waals surface area contributed by atoms with Crippen molar-refractivity contribution in [2.45, 2.75) is 33.6 Å². The molecule has 0 N–H and O–H groups in total. The van der Waals surface area contributed by atoms with Crippen LogP contribution in [0.1, 0.15) is 38.3 Å². The van der Waals surface area contributed by atoms with Crippen molar-refractivity contribution in [2.24, 2.45) is 0 Å². The fourth-order valence-corrected chi connectivity index (χ4v) is 1.93. The highest BCUT2D eigenvalue weighted by Gasteiger charge is 2.13. The Morgan fingerprint density at radius 2 is 1.88 bits per heavy atom. The van der Waals surface area contributed by atoms with Crippen molar-refractivity contribution < 1.29 is 0 Å². The van der Waals surface area contributed by atoms with Crippen LogP contribution in [0, 0.1) is 0 Å². The Morgan fingerprint density at radius 3 is 2.59 bits per heavy atom. The Bertz CT molecular complexity index is 433. The van der Waals surface area contributed by atoms with E-state index in [1.165, 1.54) is 35.1 Å². The first-order valence-corrected chi connectivity index (χ1v) is 6.39. The summed E-state index contributed by atoms with van der Waals surface area (Å²) in [6.07, 6.45) is 8.61. The molecule has 2 rings (SSSR count). The molecule has 0 amide bonds. The molecule has 0 saturated heterocycles. The normalized spacial score (nSPS) is 16.2. The molecule has 1 aromatic rings. The monoisotopic (exact) mass is 226 g/mol. The number of rotatable bonds is 2. The molecule has 1 aliphatic carbocycles. The van der Waals surface area contributed by atoms with Crippen LogP contribution in [-0.4, -0.2) is 0 Å². The van der Waals surface area contributed by atoms with Gasteiger partial charge < -0.3 is 0 Å². The second-order valence-electron chi connectivity index (χ2n) is 3.96. The van der Waals surface area contributed by atoms with E-state index in [-0.39, 0.29) is 0 Å². The Hall–Kier alpha value is -1.56. The van der Waals surface area contributed by atoms with Gasteiger partial charge in [-0.1, -0.05) is 68.5 Å². The van der Waals surface area contributed by atoms with Gasteiger partial charge in [0.1, 0.15) is 0 Å². The second-order valence-corrected chi connectivity index (χ2v) is 3.96. The van der Waals surface area contributed by atoms with Crippen LogP contribution in [-0.2, 0) is 6.42 Å². The van der Waals surface area contributed by atoms with E-state index in [0.717, 1.165) is 0 Å². The van der Waals surface area contributed by atoms with Crippen molar-refractivity contribution >= 4 is 5.57 Å². The van der Waals surface area contributed by atoms with Crippen LogP contribution in [0.3, 0.4) is 0 Å². The maximum Gasteiger partial charge on any atom is -0.0192 e. The third-order valence-electron chi connectivity index (χ3n) is 2.90. The summed E-state index contributed by atoms with van der Waals surface area (Å²) in [5, 5.41) is 0. The lowest BCUT2D eigenvalue weighted by Gasteiger charge is -1.98. The zero-order chi connectivity index (χ0) is 12.7. The molecular formula is C17H22. The van der Waals surface area contributed by atoms with E-state index in [9.17, 15) is 0 Å². The third-order valence-corrected chi connectivity index (χ3v) is 2.90. The molecule has 0 spiro atoms. The average molecular weight is 226 g/mol. The molecule has 0 atom stereocenters. The molecule has 90 valence electrons. The molecule has 1 aliphatic rings. The number of fused-ring (bicyclic) bond motifs is 1. The van der Waals surface area contributed by atoms with E-state index in [1.54, 1.807) is 0 Å². The van der Waals surface area contributed by atoms with Gasteiger partial charge in [-0.25, -0.2) is 0 Å². The van der Waals surface area contributed by atoms with Crippen LogP contribution < -0.4 is 0 Å². The maximum absolute atomic E-state index is 3.75. The Kier molecular flexibility index (Phi) is 5.48. The predicted octanol–water partition coefficient (Wildman–Crippen LogP) is 5.17. The van der Waals surface area contributed by atoms with Crippen molar-refractivity contribution in [3.63, 3.8) is 0 Å². The number of benzene rings is 1. The summed E-state index contributed by atoms with van der Waals surface area (Å²) in [4.78, 5) is 0. The summed E-state index contributed by atoms with van der Waals surface area (Å²) < 4.78 is 0. The summed E-state index contributed by atoms with van der Waals surface area (Å²) in [6.45, 7) is 9.83. The minimum Gasteiger partial charge on any atom is -0.0988 e. The Morgan fingerprint density at radius 1 is 1.18 bits per heavy atom. The molecule has 0 heterocycles. The highest BCUT2D eigenvalue weighted by molar-refractivity contribution is 5.73. The first kappa shape index (κ1) is 13.5. The summed E-state index contributed by atoms with van der Waals surface area (Å²) in [5.41, 5.74) is 5.57. The number of hydrogen-bond acceptors (Lipinski definition) is 0. The topological polar surface area (TPSA) is 0 Å². The van der Waals surface area contributed by atoms with E-state index < -0.39 is 0 Å². The van der Waals surface area contributed by atoms with Crippen LogP contribution in [0.25, 0.3) is 5.57 Å². The highest BCUT2D eigenvalue weighted by atomic mass is 14.2. The van der Waals surface area contributed by atoms with E-state index in [1.807, 2.05) is 19.9 Å². The highest BCUT2D eigenvalue weighted by Crippen LogP contribution is 2.31. The van der Waals surface area contributed by atoms with Gasteiger partial charge in [-0.05, 0) is 36.5 Å². The van der Waals surface area contributed by atoms with E-state index in [4.69, 9.17) is 0 Å². The fraction of sp³-hybridized carbons (Fsp3) is 0.294. The summed E-state index contributed by atoms with van der Waals surface area (Å²) in [5.74, 6) is 0. The van der Waals surface area contributed by atoms with Crippen molar-refractivity contribution in [2.75, 3.05) is 0 Å². The molecular weight excluding hydrogens is 204 g/mol. The van der Waals surface area contributed by atoms with Crippen LogP contribution in [0.4, 0.5) is 0 Å². The predicted molar refractivity (Wildman–Crippen MR) is 78.0 cm³/mol. The van der Waals surface area contributed by atoms with Gasteiger partial charge in [0.25, 0.3) is 0 Å².